The van der Waals surface area contributed by atoms with Crippen LogP contribution in [0.15, 0.2) is 0 Å². The Labute approximate surface area is 113 Å². The summed E-state index contributed by atoms with van der Waals surface area (Å²) in [4.78, 5) is 2.59. The minimum Gasteiger partial charge on any atom is -0.381 e. The molecule has 108 valence electrons. The van der Waals surface area contributed by atoms with Gasteiger partial charge < -0.3 is 10.1 Å². The summed E-state index contributed by atoms with van der Waals surface area (Å²) < 4.78 is 5.45. The zero-order valence-corrected chi connectivity index (χ0v) is 12.6. The van der Waals surface area contributed by atoms with Crippen LogP contribution in [0.3, 0.4) is 0 Å². The van der Waals surface area contributed by atoms with Crippen LogP contribution in [0.2, 0.25) is 0 Å². The highest BCUT2D eigenvalue weighted by atomic mass is 16.5. The second kappa shape index (κ2) is 9.76. The largest absolute Gasteiger partial charge is 0.381 e. The summed E-state index contributed by atoms with van der Waals surface area (Å²) >= 11 is 0. The van der Waals surface area contributed by atoms with Crippen molar-refractivity contribution in [1.29, 1.82) is 0 Å². The van der Waals surface area contributed by atoms with E-state index in [9.17, 15) is 0 Å². The van der Waals surface area contributed by atoms with E-state index in [0.717, 1.165) is 6.54 Å². The van der Waals surface area contributed by atoms with Crippen molar-refractivity contribution in [3.63, 3.8) is 0 Å². The monoisotopic (exact) mass is 256 g/mol. The fourth-order valence-corrected chi connectivity index (χ4v) is 2.75. The van der Waals surface area contributed by atoms with Crippen molar-refractivity contribution >= 4 is 0 Å². The van der Waals surface area contributed by atoms with Gasteiger partial charge in [0.1, 0.15) is 0 Å². The molecule has 1 saturated heterocycles. The van der Waals surface area contributed by atoms with Gasteiger partial charge in [0, 0.05) is 32.8 Å². The number of nitrogens with zero attached hydrogens (tertiary/aromatic N) is 1. The first-order valence-electron chi connectivity index (χ1n) is 7.75. The van der Waals surface area contributed by atoms with Gasteiger partial charge >= 0.3 is 0 Å². The molecule has 0 aliphatic carbocycles. The molecular weight excluding hydrogens is 224 g/mol. The minimum absolute atomic E-state index is 0.484. The molecule has 1 aliphatic heterocycles. The molecule has 1 rings (SSSR count). The maximum atomic E-state index is 5.45. The molecule has 0 radical (unpaired) electrons. The Morgan fingerprint density at radius 3 is 2.72 bits per heavy atom. The summed E-state index contributed by atoms with van der Waals surface area (Å²) in [7, 11) is 1.84. The molecule has 2 unspecified atom stereocenters. The van der Waals surface area contributed by atoms with Gasteiger partial charge in [0.15, 0.2) is 0 Å². The molecule has 1 heterocycles. The lowest BCUT2D eigenvalue weighted by Crippen LogP contribution is -2.45. The third-order valence-electron chi connectivity index (χ3n) is 4.08. The average Bonchev–Trinajstić information content (AvgIpc) is 2.39. The van der Waals surface area contributed by atoms with Crippen LogP contribution in [0, 0.1) is 0 Å². The Morgan fingerprint density at radius 2 is 2.06 bits per heavy atom. The molecule has 2 atom stereocenters. The summed E-state index contributed by atoms with van der Waals surface area (Å²) in [6.45, 7) is 9.28. The topological polar surface area (TPSA) is 24.5 Å². The van der Waals surface area contributed by atoms with Crippen LogP contribution in [0.5, 0.6) is 0 Å². The molecular formula is C15H32N2O. The van der Waals surface area contributed by atoms with Crippen molar-refractivity contribution in [3.05, 3.63) is 0 Å². The lowest BCUT2D eigenvalue weighted by atomic mass is 10.0. The number of piperidine rings is 1. The van der Waals surface area contributed by atoms with Gasteiger partial charge in [-0.25, -0.2) is 0 Å². The maximum absolute atomic E-state index is 5.45. The van der Waals surface area contributed by atoms with Crippen LogP contribution < -0.4 is 5.32 Å². The van der Waals surface area contributed by atoms with Gasteiger partial charge in [-0.3, -0.25) is 4.90 Å². The van der Waals surface area contributed by atoms with Crippen LogP contribution >= 0.6 is 0 Å². The normalized spacial score (nSPS) is 25.5. The Kier molecular flexibility index (Phi) is 8.64. The summed E-state index contributed by atoms with van der Waals surface area (Å²) in [6.07, 6.45) is 8.27. The molecule has 1 N–H and O–H groups in total. The zero-order chi connectivity index (χ0) is 13.2. The lowest BCUT2D eigenvalue weighted by Gasteiger charge is -2.37. The van der Waals surface area contributed by atoms with E-state index in [1.54, 1.807) is 0 Å². The summed E-state index contributed by atoms with van der Waals surface area (Å²) in [5.74, 6) is 0. The number of hydrogen-bond donors (Lipinski definition) is 1. The highest BCUT2D eigenvalue weighted by molar-refractivity contribution is 4.79. The van der Waals surface area contributed by atoms with Crippen molar-refractivity contribution < 1.29 is 4.74 Å². The molecule has 0 aromatic carbocycles. The molecule has 3 heteroatoms. The van der Waals surface area contributed by atoms with Gasteiger partial charge in [-0.05, 0) is 32.7 Å². The fourth-order valence-electron chi connectivity index (χ4n) is 2.75. The number of unbranched alkanes of at least 4 members (excludes halogenated alkanes) is 3. The van der Waals surface area contributed by atoms with Crippen molar-refractivity contribution in [3.8, 4) is 0 Å². The van der Waals surface area contributed by atoms with E-state index >= 15 is 0 Å². The molecule has 0 bridgehead atoms. The molecule has 18 heavy (non-hydrogen) atoms. The number of methoxy groups -OCH3 is 1. The highest BCUT2D eigenvalue weighted by Gasteiger charge is 2.24. The Balaban J connectivity index is 1.99. The fraction of sp³-hybridized carbons (Fsp3) is 1.00. The van der Waals surface area contributed by atoms with Crippen LogP contribution in [-0.2, 0) is 4.74 Å². The first-order chi connectivity index (χ1) is 8.77. The Morgan fingerprint density at radius 1 is 1.22 bits per heavy atom. The molecule has 3 nitrogen and oxygen atoms in total. The summed E-state index contributed by atoms with van der Waals surface area (Å²) in [5, 5.41) is 3.56. The standard InChI is InChI=1S/C15H32N2O/c1-4-5-6-7-9-16-10-12-17-11-8-15(18-3)13-14(17)2/h14-16H,4-13H2,1-3H3. The van der Waals surface area contributed by atoms with E-state index in [1.165, 1.54) is 58.2 Å². The third kappa shape index (κ3) is 6.17. The van der Waals surface area contributed by atoms with Crippen LogP contribution in [0.4, 0.5) is 0 Å². The van der Waals surface area contributed by atoms with Gasteiger partial charge in [-0.15, -0.1) is 0 Å². The van der Waals surface area contributed by atoms with Crippen LogP contribution in [-0.4, -0.2) is 50.3 Å². The second-order valence-corrected chi connectivity index (χ2v) is 5.58. The average molecular weight is 256 g/mol. The molecule has 0 saturated carbocycles. The van der Waals surface area contributed by atoms with E-state index in [4.69, 9.17) is 4.74 Å². The second-order valence-electron chi connectivity index (χ2n) is 5.58. The van der Waals surface area contributed by atoms with Crippen molar-refractivity contribution in [2.24, 2.45) is 0 Å². The molecule has 1 aliphatic rings. The zero-order valence-electron chi connectivity index (χ0n) is 12.6. The SMILES string of the molecule is CCCCCCNCCN1CCC(OC)CC1C. The van der Waals surface area contributed by atoms with Gasteiger partial charge in [0.05, 0.1) is 6.10 Å². The summed E-state index contributed by atoms with van der Waals surface area (Å²) in [5.41, 5.74) is 0. The Hall–Kier alpha value is -0.120. The van der Waals surface area contributed by atoms with Gasteiger partial charge in [0.2, 0.25) is 0 Å². The van der Waals surface area contributed by atoms with Gasteiger partial charge in [0.25, 0.3) is 0 Å². The molecule has 0 spiro atoms. The van der Waals surface area contributed by atoms with Gasteiger partial charge in [-0.1, -0.05) is 26.2 Å². The maximum Gasteiger partial charge on any atom is 0.0598 e. The predicted octanol–water partition coefficient (Wildman–Crippen LogP) is 2.66. The first-order valence-corrected chi connectivity index (χ1v) is 7.75. The third-order valence-corrected chi connectivity index (χ3v) is 4.08. The highest BCUT2D eigenvalue weighted by Crippen LogP contribution is 2.18. The van der Waals surface area contributed by atoms with Crippen LogP contribution in [0.25, 0.3) is 0 Å². The van der Waals surface area contributed by atoms with E-state index in [-0.39, 0.29) is 0 Å². The van der Waals surface area contributed by atoms with Crippen molar-refractivity contribution in [2.45, 2.75) is 64.5 Å². The number of nitrogens with one attached hydrogen (secondary N) is 1. The van der Waals surface area contributed by atoms with Gasteiger partial charge in [-0.2, -0.15) is 0 Å². The quantitative estimate of drug-likeness (QED) is 0.642. The number of likely N-dealkylation sites (tertiary alicyclic amines) is 1. The van der Waals surface area contributed by atoms with Crippen molar-refractivity contribution in [1.82, 2.24) is 10.2 Å². The molecule has 0 amide bonds. The number of ether oxygens (including phenoxy) is 1. The number of hydrogen-bond acceptors (Lipinski definition) is 3. The van der Waals surface area contributed by atoms with Crippen molar-refractivity contribution in [2.75, 3.05) is 33.3 Å². The summed E-state index contributed by atoms with van der Waals surface area (Å²) in [6, 6.07) is 0.672. The lowest BCUT2D eigenvalue weighted by molar-refractivity contribution is 0.0165. The molecule has 0 aromatic heterocycles. The van der Waals surface area contributed by atoms with E-state index in [1.807, 2.05) is 7.11 Å². The molecule has 0 aromatic rings. The molecule has 1 fully saturated rings. The first kappa shape index (κ1) is 15.9. The van der Waals surface area contributed by atoms with E-state index in [2.05, 4.69) is 24.1 Å². The van der Waals surface area contributed by atoms with E-state index < -0.39 is 0 Å². The number of rotatable bonds is 9. The van der Waals surface area contributed by atoms with E-state index in [0.29, 0.717) is 12.1 Å². The van der Waals surface area contributed by atoms with Crippen LogP contribution in [0.1, 0.15) is 52.4 Å². The minimum atomic E-state index is 0.484. The Bertz CT molecular complexity index is 199. The predicted molar refractivity (Wildman–Crippen MR) is 78.1 cm³/mol. The smallest absolute Gasteiger partial charge is 0.0598 e.